The highest BCUT2D eigenvalue weighted by Gasteiger charge is 2.20. The highest BCUT2D eigenvalue weighted by Crippen LogP contribution is 2.29. The molecule has 0 amide bonds. The molecule has 0 aliphatic rings. The van der Waals surface area contributed by atoms with E-state index in [9.17, 15) is 9.90 Å². The van der Waals surface area contributed by atoms with E-state index in [1.54, 1.807) is 23.7 Å². The average molecular weight is 314 g/mol. The Labute approximate surface area is 110 Å². The molecule has 17 heavy (non-hydrogen) atoms. The number of aliphatic hydroxyl groups is 1. The van der Waals surface area contributed by atoms with Crippen LogP contribution in [0.25, 0.3) is 0 Å². The summed E-state index contributed by atoms with van der Waals surface area (Å²) in [5, 5.41) is 20.7. The van der Waals surface area contributed by atoms with E-state index in [1.165, 1.54) is 17.4 Å². The quantitative estimate of drug-likeness (QED) is 0.914. The summed E-state index contributed by atoms with van der Waals surface area (Å²) >= 11 is 4.45. The maximum absolute atomic E-state index is 10.9. The molecular weight excluding hydrogens is 306 g/mol. The lowest BCUT2D eigenvalue weighted by molar-refractivity contribution is 0.0692. The lowest BCUT2D eigenvalue weighted by Crippen LogP contribution is -2.06. The summed E-state index contributed by atoms with van der Waals surface area (Å²) in [5.74, 6) is -1.04. The van der Waals surface area contributed by atoms with Crippen LogP contribution < -0.4 is 0 Å². The number of aromatic carboxylic acids is 1. The van der Waals surface area contributed by atoms with Crippen molar-refractivity contribution in [1.82, 2.24) is 4.98 Å². The summed E-state index contributed by atoms with van der Waals surface area (Å²) in [6.07, 6.45) is 0.557. The molecule has 6 heteroatoms. The molecule has 0 fully saturated rings. The minimum atomic E-state index is -1.04. The van der Waals surface area contributed by atoms with Crippen LogP contribution in [0.5, 0.6) is 0 Å². The molecule has 2 rings (SSSR count). The largest absolute Gasteiger partial charge is 0.478 e. The first kappa shape index (κ1) is 12.2. The zero-order valence-electron chi connectivity index (χ0n) is 8.50. The van der Waals surface area contributed by atoms with E-state index in [1.807, 2.05) is 0 Å². The SMILES string of the molecule is O=C(O)c1ccsc1C(O)c1ccc(Br)cn1. The maximum atomic E-state index is 10.9. The molecule has 88 valence electrons. The summed E-state index contributed by atoms with van der Waals surface area (Å²) < 4.78 is 0.804. The first-order valence-corrected chi connectivity index (χ1v) is 6.37. The number of nitrogens with zero attached hydrogens (tertiary/aromatic N) is 1. The fraction of sp³-hybridized carbons (Fsp3) is 0.0909. The number of carbonyl (C=O) groups is 1. The smallest absolute Gasteiger partial charge is 0.336 e. The van der Waals surface area contributed by atoms with Crippen molar-refractivity contribution in [1.29, 1.82) is 0 Å². The number of halogens is 1. The lowest BCUT2D eigenvalue weighted by Gasteiger charge is -2.09. The average Bonchev–Trinajstić information content (AvgIpc) is 2.78. The van der Waals surface area contributed by atoms with Crippen molar-refractivity contribution in [3.8, 4) is 0 Å². The number of hydrogen-bond donors (Lipinski definition) is 2. The first-order chi connectivity index (χ1) is 8.09. The third-order valence-corrected chi connectivity index (χ3v) is 3.64. The van der Waals surface area contributed by atoms with Gasteiger partial charge in [0.25, 0.3) is 0 Å². The molecule has 2 heterocycles. The Kier molecular flexibility index (Phi) is 3.56. The molecule has 2 N–H and O–H groups in total. The van der Waals surface area contributed by atoms with E-state index < -0.39 is 12.1 Å². The van der Waals surface area contributed by atoms with Crippen LogP contribution in [0.4, 0.5) is 0 Å². The van der Waals surface area contributed by atoms with Crippen molar-refractivity contribution in [3.05, 3.63) is 50.4 Å². The van der Waals surface area contributed by atoms with Crippen molar-refractivity contribution in [2.45, 2.75) is 6.10 Å². The van der Waals surface area contributed by atoms with Crippen molar-refractivity contribution >= 4 is 33.2 Å². The second-order valence-corrected chi connectivity index (χ2v) is 5.17. The lowest BCUT2D eigenvalue weighted by atomic mass is 10.1. The number of pyridine rings is 1. The standard InChI is InChI=1S/C11H8BrNO3S/c12-6-1-2-8(13-5-6)9(14)10-7(11(15)16)3-4-17-10/h1-5,9,14H,(H,15,16). The zero-order chi connectivity index (χ0) is 12.4. The van der Waals surface area contributed by atoms with Crippen molar-refractivity contribution in [3.63, 3.8) is 0 Å². The Balaban J connectivity index is 2.36. The fourth-order valence-electron chi connectivity index (χ4n) is 1.39. The van der Waals surface area contributed by atoms with Gasteiger partial charge in [0.1, 0.15) is 6.10 Å². The number of aliphatic hydroxyl groups excluding tert-OH is 1. The summed E-state index contributed by atoms with van der Waals surface area (Å²) in [7, 11) is 0. The molecule has 0 aliphatic carbocycles. The number of hydrogen-bond acceptors (Lipinski definition) is 4. The van der Waals surface area contributed by atoms with Gasteiger partial charge in [-0.3, -0.25) is 4.98 Å². The van der Waals surface area contributed by atoms with Gasteiger partial charge in [0.2, 0.25) is 0 Å². The molecule has 1 unspecified atom stereocenters. The number of rotatable bonds is 3. The Hall–Kier alpha value is -1.24. The van der Waals surface area contributed by atoms with Gasteiger partial charge >= 0.3 is 5.97 Å². The van der Waals surface area contributed by atoms with Crippen molar-refractivity contribution in [2.75, 3.05) is 0 Å². The van der Waals surface area contributed by atoms with E-state index >= 15 is 0 Å². The normalized spacial score (nSPS) is 12.4. The number of aromatic nitrogens is 1. The second kappa shape index (κ2) is 4.95. The van der Waals surface area contributed by atoms with E-state index in [4.69, 9.17) is 5.11 Å². The molecule has 0 saturated carbocycles. The van der Waals surface area contributed by atoms with Gasteiger partial charge in [-0.25, -0.2) is 4.79 Å². The molecule has 1 atom stereocenters. The van der Waals surface area contributed by atoms with Gasteiger partial charge in [-0.1, -0.05) is 0 Å². The number of carboxylic acid groups (broad SMARTS) is 1. The van der Waals surface area contributed by atoms with Crippen LogP contribution in [0, 0.1) is 0 Å². The summed E-state index contributed by atoms with van der Waals surface area (Å²) in [6, 6.07) is 4.88. The molecule has 0 spiro atoms. The Morgan fingerprint density at radius 3 is 2.76 bits per heavy atom. The molecule has 2 aromatic heterocycles. The van der Waals surface area contributed by atoms with Gasteiger partial charge in [0.15, 0.2) is 0 Å². The molecule has 4 nitrogen and oxygen atoms in total. The monoisotopic (exact) mass is 313 g/mol. The molecule has 0 saturated heterocycles. The molecule has 0 radical (unpaired) electrons. The highest BCUT2D eigenvalue weighted by molar-refractivity contribution is 9.10. The second-order valence-electron chi connectivity index (χ2n) is 3.31. The van der Waals surface area contributed by atoms with Gasteiger partial charge in [0.05, 0.1) is 16.1 Å². The molecule has 0 aromatic carbocycles. The molecule has 0 bridgehead atoms. The number of carboxylic acids is 1. The van der Waals surface area contributed by atoms with Crippen LogP contribution in [0.3, 0.4) is 0 Å². The summed E-state index contributed by atoms with van der Waals surface area (Å²) in [5.41, 5.74) is 0.547. The fourth-order valence-corrected chi connectivity index (χ4v) is 2.51. The first-order valence-electron chi connectivity index (χ1n) is 4.70. The van der Waals surface area contributed by atoms with E-state index in [2.05, 4.69) is 20.9 Å². The van der Waals surface area contributed by atoms with Gasteiger partial charge in [-0.2, -0.15) is 0 Å². The Morgan fingerprint density at radius 2 is 2.18 bits per heavy atom. The molecule has 0 aliphatic heterocycles. The maximum Gasteiger partial charge on any atom is 0.336 e. The van der Waals surface area contributed by atoms with Crippen molar-refractivity contribution in [2.24, 2.45) is 0 Å². The summed E-state index contributed by atoms with van der Waals surface area (Å²) in [4.78, 5) is 15.4. The van der Waals surface area contributed by atoms with Gasteiger partial charge in [-0.05, 0) is 39.5 Å². The third-order valence-electron chi connectivity index (χ3n) is 2.20. The predicted molar refractivity (Wildman–Crippen MR) is 67.3 cm³/mol. The van der Waals surface area contributed by atoms with Crippen LogP contribution in [0.15, 0.2) is 34.2 Å². The van der Waals surface area contributed by atoms with Gasteiger partial charge < -0.3 is 10.2 Å². The van der Waals surface area contributed by atoms with Crippen LogP contribution in [-0.2, 0) is 0 Å². The Bertz CT molecular complexity index is 538. The molecular formula is C11H8BrNO3S. The van der Waals surface area contributed by atoms with Crippen molar-refractivity contribution < 1.29 is 15.0 Å². The predicted octanol–water partition coefficient (Wildman–Crippen LogP) is 2.69. The topological polar surface area (TPSA) is 70.4 Å². The van der Waals surface area contributed by atoms with Gasteiger partial charge in [0, 0.05) is 10.7 Å². The minimum absolute atomic E-state index is 0.118. The van der Waals surface area contributed by atoms with Crippen LogP contribution in [-0.4, -0.2) is 21.2 Å². The van der Waals surface area contributed by atoms with Crippen LogP contribution in [0.2, 0.25) is 0 Å². The summed E-state index contributed by atoms with van der Waals surface area (Å²) in [6.45, 7) is 0. The molecule has 2 aromatic rings. The zero-order valence-corrected chi connectivity index (χ0v) is 10.9. The number of thiophene rings is 1. The van der Waals surface area contributed by atoms with Crippen LogP contribution in [0.1, 0.15) is 27.0 Å². The minimum Gasteiger partial charge on any atom is -0.478 e. The van der Waals surface area contributed by atoms with Crippen LogP contribution >= 0.6 is 27.3 Å². The van der Waals surface area contributed by atoms with Gasteiger partial charge in [-0.15, -0.1) is 11.3 Å². The third kappa shape index (κ3) is 2.54. The Morgan fingerprint density at radius 1 is 1.41 bits per heavy atom. The highest BCUT2D eigenvalue weighted by atomic mass is 79.9. The van der Waals surface area contributed by atoms with E-state index in [0.29, 0.717) is 10.6 Å². The van der Waals surface area contributed by atoms with E-state index in [-0.39, 0.29) is 5.56 Å². The van der Waals surface area contributed by atoms with E-state index in [0.717, 1.165) is 4.47 Å².